The van der Waals surface area contributed by atoms with E-state index in [2.05, 4.69) is 0 Å². The van der Waals surface area contributed by atoms with Crippen LogP contribution in [0.4, 0.5) is 0 Å². The van der Waals surface area contributed by atoms with E-state index in [1.54, 1.807) is 18.3 Å². The van der Waals surface area contributed by atoms with E-state index in [4.69, 9.17) is 10.2 Å². The Morgan fingerprint density at radius 3 is 2.72 bits per heavy atom. The fraction of sp³-hybridized carbons (Fsp3) is 0.263. The fourth-order valence-corrected chi connectivity index (χ4v) is 3.36. The van der Waals surface area contributed by atoms with Crippen molar-refractivity contribution in [3.8, 4) is 11.3 Å². The predicted octanol–water partition coefficient (Wildman–Crippen LogP) is 2.90. The first kappa shape index (κ1) is 15.7. The van der Waals surface area contributed by atoms with Crippen LogP contribution < -0.4 is 11.3 Å². The van der Waals surface area contributed by atoms with Gasteiger partial charge in [0.2, 0.25) is 0 Å². The van der Waals surface area contributed by atoms with Crippen LogP contribution in [0.2, 0.25) is 0 Å². The monoisotopic (exact) mass is 338 g/mol. The SMILES string of the molecule is Cc1c(-c2ccc(CN)o2)ccn2c(=O)c(C(=O)O)cc(C3CC3)c12. The number of aryl methyl sites for hydroxylation is 1. The van der Waals surface area contributed by atoms with Crippen LogP contribution in [0.1, 0.15) is 46.0 Å². The normalized spacial score (nSPS) is 14.2. The first-order valence-corrected chi connectivity index (χ1v) is 8.22. The standard InChI is InChI=1S/C19H18N2O4/c1-10-13(16-5-4-12(9-20)25-16)6-7-21-17(10)14(11-2-3-11)8-15(18(21)22)19(23)24/h4-8,11H,2-3,9,20H2,1H3,(H,23,24). The Bertz CT molecular complexity index is 1060. The predicted molar refractivity (Wildman–Crippen MR) is 92.9 cm³/mol. The number of nitrogens with zero attached hydrogens (tertiary/aromatic N) is 1. The van der Waals surface area contributed by atoms with Crippen LogP contribution in [0, 0.1) is 6.92 Å². The number of rotatable bonds is 4. The first-order chi connectivity index (χ1) is 12.0. The van der Waals surface area contributed by atoms with Crippen LogP contribution in [-0.2, 0) is 6.54 Å². The number of hydrogen-bond donors (Lipinski definition) is 2. The molecule has 0 saturated heterocycles. The molecule has 1 saturated carbocycles. The van der Waals surface area contributed by atoms with E-state index in [9.17, 15) is 14.7 Å². The Morgan fingerprint density at radius 2 is 2.12 bits per heavy atom. The highest BCUT2D eigenvalue weighted by atomic mass is 16.4. The molecule has 3 N–H and O–H groups in total. The number of hydrogen-bond acceptors (Lipinski definition) is 4. The van der Waals surface area contributed by atoms with Crippen molar-refractivity contribution in [2.24, 2.45) is 5.73 Å². The number of aromatic carboxylic acids is 1. The highest BCUT2D eigenvalue weighted by Gasteiger charge is 2.29. The number of nitrogens with two attached hydrogens (primary N) is 1. The van der Waals surface area contributed by atoms with Crippen molar-refractivity contribution in [1.29, 1.82) is 0 Å². The third-order valence-electron chi connectivity index (χ3n) is 4.79. The zero-order chi connectivity index (χ0) is 17.7. The Balaban J connectivity index is 2.03. The minimum absolute atomic E-state index is 0.185. The summed E-state index contributed by atoms with van der Waals surface area (Å²) in [4.78, 5) is 24.0. The van der Waals surface area contributed by atoms with E-state index in [-0.39, 0.29) is 5.56 Å². The molecule has 0 aromatic carbocycles. The maximum Gasteiger partial charge on any atom is 0.341 e. The van der Waals surface area contributed by atoms with Crippen LogP contribution >= 0.6 is 0 Å². The van der Waals surface area contributed by atoms with Crippen molar-refractivity contribution in [2.75, 3.05) is 0 Å². The highest BCUT2D eigenvalue weighted by molar-refractivity contribution is 5.89. The molecule has 3 heterocycles. The molecule has 3 aromatic heterocycles. The van der Waals surface area contributed by atoms with Gasteiger partial charge in [-0.15, -0.1) is 0 Å². The van der Waals surface area contributed by atoms with Gasteiger partial charge in [0.1, 0.15) is 17.1 Å². The lowest BCUT2D eigenvalue weighted by Crippen LogP contribution is -2.23. The van der Waals surface area contributed by atoms with Crippen molar-refractivity contribution >= 4 is 11.5 Å². The second kappa shape index (κ2) is 5.60. The molecule has 0 radical (unpaired) electrons. The third-order valence-corrected chi connectivity index (χ3v) is 4.79. The summed E-state index contributed by atoms with van der Waals surface area (Å²) in [6.45, 7) is 2.25. The number of aromatic nitrogens is 1. The molecule has 0 bridgehead atoms. The van der Waals surface area contributed by atoms with Gasteiger partial charge in [-0.05, 0) is 61.1 Å². The molecule has 1 aliphatic carbocycles. The summed E-state index contributed by atoms with van der Waals surface area (Å²) in [5.41, 5.74) is 8.39. The van der Waals surface area contributed by atoms with E-state index in [1.807, 2.05) is 19.1 Å². The summed E-state index contributed by atoms with van der Waals surface area (Å²) >= 11 is 0. The number of carboxylic acid groups (broad SMARTS) is 1. The van der Waals surface area contributed by atoms with E-state index in [1.165, 1.54) is 4.40 Å². The second-order valence-corrected chi connectivity index (χ2v) is 6.44. The molecule has 6 heteroatoms. The van der Waals surface area contributed by atoms with E-state index in [0.29, 0.717) is 24.0 Å². The molecular formula is C19H18N2O4. The van der Waals surface area contributed by atoms with Gasteiger partial charge in [-0.3, -0.25) is 9.20 Å². The largest absolute Gasteiger partial charge is 0.477 e. The molecule has 0 spiro atoms. The first-order valence-electron chi connectivity index (χ1n) is 8.22. The summed E-state index contributed by atoms with van der Waals surface area (Å²) in [6.07, 6.45) is 3.65. The Hall–Kier alpha value is -2.86. The lowest BCUT2D eigenvalue weighted by atomic mass is 9.99. The Labute approximate surface area is 143 Å². The molecule has 3 aromatic rings. The van der Waals surface area contributed by atoms with E-state index >= 15 is 0 Å². The van der Waals surface area contributed by atoms with Gasteiger partial charge in [-0.2, -0.15) is 0 Å². The second-order valence-electron chi connectivity index (χ2n) is 6.44. The van der Waals surface area contributed by atoms with Crippen LogP contribution in [0.5, 0.6) is 0 Å². The Morgan fingerprint density at radius 1 is 1.36 bits per heavy atom. The van der Waals surface area contributed by atoms with Gasteiger partial charge in [-0.25, -0.2) is 4.79 Å². The minimum atomic E-state index is -1.19. The van der Waals surface area contributed by atoms with Gasteiger partial charge in [0.25, 0.3) is 5.56 Å². The molecule has 1 aliphatic rings. The number of carboxylic acids is 1. The zero-order valence-corrected chi connectivity index (χ0v) is 13.8. The lowest BCUT2D eigenvalue weighted by molar-refractivity contribution is 0.0694. The molecule has 4 rings (SSSR count). The molecule has 0 unspecified atom stereocenters. The van der Waals surface area contributed by atoms with Gasteiger partial charge < -0.3 is 15.3 Å². The topological polar surface area (TPSA) is 97.9 Å². The quantitative estimate of drug-likeness (QED) is 0.762. The maximum absolute atomic E-state index is 12.6. The molecule has 0 aliphatic heterocycles. The summed E-state index contributed by atoms with van der Waals surface area (Å²) in [6, 6.07) is 7.02. The van der Waals surface area contributed by atoms with Crippen molar-refractivity contribution in [1.82, 2.24) is 4.40 Å². The average molecular weight is 338 g/mol. The number of fused-ring (bicyclic) bond motifs is 1. The number of carbonyl (C=O) groups is 1. The van der Waals surface area contributed by atoms with Crippen molar-refractivity contribution in [2.45, 2.75) is 32.2 Å². The lowest BCUT2D eigenvalue weighted by Gasteiger charge is -2.14. The molecule has 6 nitrogen and oxygen atoms in total. The van der Waals surface area contributed by atoms with Crippen LogP contribution in [-0.4, -0.2) is 15.5 Å². The molecule has 1 fully saturated rings. The highest BCUT2D eigenvalue weighted by Crippen LogP contribution is 2.43. The maximum atomic E-state index is 12.6. The summed E-state index contributed by atoms with van der Waals surface area (Å²) in [5, 5.41) is 9.34. The Kier molecular flexibility index (Phi) is 3.51. The third kappa shape index (κ3) is 2.46. The van der Waals surface area contributed by atoms with E-state index in [0.717, 1.165) is 35.0 Å². The number of furan rings is 1. The summed E-state index contributed by atoms with van der Waals surface area (Å²) in [5.74, 6) is 0.493. The van der Waals surface area contributed by atoms with Crippen LogP contribution in [0.15, 0.2) is 39.7 Å². The molecule has 0 amide bonds. The van der Waals surface area contributed by atoms with Gasteiger partial charge in [0.05, 0.1) is 12.1 Å². The summed E-state index contributed by atoms with van der Waals surface area (Å²) < 4.78 is 7.20. The van der Waals surface area contributed by atoms with Crippen molar-refractivity contribution < 1.29 is 14.3 Å². The smallest absolute Gasteiger partial charge is 0.341 e. The van der Waals surface area contributed by atoms with Gasteiger partial charge >= 0.3 is 5.97 Å². The average Bonchev–Trinajstić information content (AvgIpc) is 3.32. The zero-order valence-electron chi connectivity index (χ0n) is 13.8. The van der Waals surface area contributed by atoms with Gasteiger partial charge in [-0.1, -0.05) is 0 Å². The number of pyridine rings is 2. The van der Waals surface area contributed by atoms with Crippen molar-refractivity contribution in [3.63, 3.8) is 0 Å². The summed E-state index contributed by atoms with van der Waals surface area (Å²) in [7, 11) is 0. The fourth-order valence-electron chi connectivity index (χ4n) is 3.36. The minimum Gasteiger partial charge on any atom is -0.477 e. The van der Waals surface area contributed by atoms with Crippen molar-refractivity contribution in [3.05, 3.63) is 63.3 Å². The van der Waals surface area contributed by atoms with Gasteiger partial charge in [0, 0.05) is 11.8 Å². The molecule has 0 atom stereocenters. The van der Waals surface area contributed by atoms with Gasteiger partial charge in [0.15, 0.2) is 0 Å². The molecule has 25 heavy (non-hydrogen) atoms. The van der Waals surface area contributed by atoms with Crippen LogP contribution in [0.25, 0.3) is 16.8 Å². The van der Waals surface area contributed by atoms with E-state index < -0.39 is 11.5 Å². The molecule has 128 valence electrons. The van der Waals surface area contributed by atoms with Crippen LogP contribution in [0.3, 0.4) is 0 Å². The molecular weight excluding hydrogens is 320 g/mol.